The van der Waals surface area contributed by atoms with Crippen LogP contribution in [0.15, 0.2) is 12.1 Å². The second kappa shape index (κ2) is 12.6. The molecular weight excluding hydrogens is 565 g/mol. The van der Waals surface area contributed by atoms with E-state index in [9.17, 15) is 0 Å². The van der Waals surface area contributed by atoms with Crippen LogP contribution in [0, 0.1) is 0 Å². The molecule has 0 aliphatic heterocycles. The van der Waals surface area contributed by atoms with E-state index in [-0.39, 0.29) is 43.3 Å². The molecule has 0 saturated carbocycles. The lowest BCUT2D eigenvalue weighted by molar-refractivity contribution is 0.481. The van der Waals surface area contributed by atoms with Gasteiger partial charge in [-0.2, -0.15) is 0 Å². The third kappa shape index (κ3) is 9.37. The van der Waals surface area contributed by atoms with E-state index in [1.165, 1.54) is 16.7 Å². The van der Waals surface area contributed by atoms with Crippen LogP contribution in [0.2, 0.25) is 0 Å². The predicted molar refractivity (Wildman–Crippen MR) is 215 cm³/mol. The van der Waals surface area contributed by atoms with E-state index in [0.29, 0.717) is 0 Å². The Kier molecular flexibility index (Phi) is 11.2. The maximum absolute atomic E-state index is 2.63. The van der Waals surface area contributed by atoms with Gasteiger partial charge in [0.2, 0.25) is 0 Å². The summed E-state index contributed by atoms with van der Waals surface area (Å²) in [6.45, 7) is 58.4. The first-order valence-electron chi connectivity index (χ1n) is 18.9. The standard InChI is InChI=1S/C47H80/c1-40(2,3)32-28-35(43(10,11)12)39(47(22,23)24)38(46(19,20)21)30(32)26-25-27-31-36(44(13,14)15)33(41(4,5)6)29-34(42(7,8)9)37(31)45(16,17)18/h28-29H,25-27H2,1-24H3. The minimum Gasteiger partial charge on any atom is -0.0561 e. The van der Waals surface area contributed by atoms with E-state index >= 15 is 0 Å². The number of hydrogen-bond donors (Lipinski definition) is 0. The van der Waals surface area contributed by atoms with Crippen molar-refractivity contribution in [2.24, 2.45) is 0 Å². The largest absolute Gasteiger partial charge is 0.0561 e. The van der Waals surface area contributed by atoms with Gasteiger partial charge in [-0.25, -0.2) is 0 Å². The van der Waals surface area contributed by atoms with Crippen molar-refractivity contribution < 1.29 is 0 Å². The third-order valence-electron chi connectivity index (χ3n) is 9.95. The highest BCUT2D eigenvalue weighted by Gasteiger charge is 2.38. The minimum atomic E-state index is 0.0396. The lowest BCUT2D eigenvalue weighted by Crippen LogP contribution is -2.32. The zero-order chi connectivity index (χ0) is 37.3. The maximum Gasteiger partial charge on any atom is -0.0126 e. The molecule has 0 aliphatic rings. The highest BCUT2D eigenvalue weighted by atomic mass is 14.4. The van der Waals surface area contributed by atoms with Crippen LogP contribution >= 0.6 is 0 Å². The smallest absolute Gasteiger partial charge is 0.0126 e. The molecule has 0 bridgehead atoms. The van der Waals surface area contributed by atoms with Crippen molar-refractivity contribution in [1.29, 1.82) is 0 Å². The fourth-order valence-electron chi connectivity index (χ4n) is 8.18. The van der Waals surface area contributed by atoms with Crippen LogP contribution in [0.5, 0.6) is 0 Å². The summed E-state index contributed by atoms with van der Waals surface area (Å²) >= 11 is 0. The Labute approximate surface area is 295 Å². The molecule has 2 rings (SSSR count). The van der Waals surface area contributed by atoms with E-state index in [1.54, 1.807) is 38.9 Å². The van der Waals surface area contributed by atoms with Crippen molar-refractivity contribution in [3.8, 4) is 0 Å². The Morgan fingerprint density at radius 3 is 0.809 bits per heavy atom. The van der Waals surface area contributed by atoms with E-state index in [4.69, 9.17) is 0 Å². The molecule has 0 heteroatoms. The molecule has 0 amide bonds. The van der Waals surface area contributed by atoms with Crippen LogP contribution in [-0.4, -0.2) is 0 Å². The molecule has 0 atom stereocenters. The first-order chi connectivity index (χ1) is 20.4. The van der Waals surface area contributed by atoms with Crippen molar-refractivity contribution in [2.45, 2.75) is 229 Å². The molecule has 0 fully saturated rings. The molecule has 2 aromatic rings. The Hall–Kier alpha value is -1.56. The zero-order valence-corrected chi connectivity index (χ0v) is 36.3. The Morgan fingerprint density at radius 2 is 0.532 bits per heavy atom. The summed E-state index contributed by atoms with van der Waals surface area (Å²) in [4.78, 5) is 0. The summed E-state index contributed by atoms with van der Waals surface area (Å²) in [5, 5.41) is 0. The number of hydrogen-bond acceptors (Lipinski definition) is 0. The van der Waals surface area contributed by atoms with Gasteiger partial charge in [-0.15, -0.1) is 0 Å². The Bertz CT molecular complexity index is 1360. The van der Waals surface area contributed by atoms with E-state index < -0.39 is 0 Å². The molecule has 0 nitrogen and oxygen atoms in total. The average Bonchev–Trinajstić information content (AvgIpc) is 2.77. The van der Waals surface area contributed by atoms with Gasteiger partial charge in [0.25, 0.3) is 0 Å². The van der Waals surface area contributed by atoms with Crippen LogP contribution in [0.3, 0.4) is 0 Å². The minimum absolute atomic E-state index is 0.0396. The topological polar surface area (TPSA) is 0 Å². The van der Waals surface area contributed by atoms with Crippen LogP contribution in [0.25, 0.3) is 0 Å². The molecule has 0 heterocycles. The van der Waals surface area contributed by atoms with E-state index in [2.05, 4.69) is 178 Å². The summed E-state index contributed by atoms with van der Waals surface area (Å²) < 4.78 is 0. The first-order valence-corrected chi connectivity index (χ1v) is 18.9. The summed E-state index contributed by atoms with van der Waals surface area (Å²) in [6.07, 6.45) is 3.35. The first kappa shape index (κ1) is 41.6. The molecule has 0 radical (unpaired) electrons. The molecule has 0 spiro atoms. The van der Waals surface area contributed by atoms with Crippen molar-refractivity contribution in [2.75, 3.05) is 0 Å². The lowest BCUT2D eigenvalue weighted by atomic mass is 9.63. The molecular formula is C47H80. The highest BCUT2D eigenvalue weighted by molar-refractivity contribution is 5.58. The van der Waals surface area contributed by atoms with Gasteiger partial charge in [-0.1, -0.05) is 178 Å². The van der Waals surface area contributed by atoms with Crippen LogP contribution in [0.4, 0.5) is 0 Å². The van der Waals surface area contributed by atoms with Crippen molar-refractivity contribution in [1.82, 2.24) is 0 Å². The van der Waals surface area contributed by atoms with Gasteiger partial charge in [-0.3, -0.25) is 0 Å². The van der Waals surface area contributed by atoms with Crippen molar-refractivity contribution in [3.05, 3.63) is 67.8 Å². The molecule has 2 aromatic carbocycles. The van der Waals surface area contributed by atoms with Gasteiger partial charge in [0.05, 0.1) is 0 Å². The van der Waals surface area contributed by atoms with Gasteiger partial charge in [0, 0.05) is 0 Å². The second-order valence-electron chi connectivity index (χ2n) is 23.3. The average molecular weight is 645 g/mol. The van der Waals surface area contributed by atoms with Gasteiger partial charge in [0.15, 0.2) is 0 Å². The van der Waals surface area contributed by atoms with E-state index in [1.807, 2.05) is 0 Å². The predicted octanol–water partition coefficient (Wildman–Crippen LogP) is 14.2. The summed E-state index contributed by atoms with van der Waals surface area (Å²) in [5.74, 6) is 0. The molecule has 0 aliphatic carbocycles. The number of benzene rings is 2. The molecule has 0 saturated heterocycles. The SMILES string of the molecule is CC(C)(C)c1cc(C(C)(C)C)c(C(C)(C)C)c(C(C)(C)C)c1CCCc1c(C(C)(C)C)c(C(C)(C)C)cc(C(C)(C)C)c1C(C)(C)C. The Morgan fingerprint density at radius 1 is 0.277 bits per heavy atom. The van der Waals surface area contributed by atoms with Crippen LogP contribution in [0.1, 0.15) is 228 Å². The summed E-state index contributed by atoms with van der Waals surface area (Å²) in [7, 11) is 0. The van der Waals surface area contributed by atoms with Gasteiger partial charge >= 0.3 is 0 Å². The fourth-order valence-corrected chi connectivity index (χ4v) is 8.18. The fraction of sp³-hybridized carbons (Fsp3) is 0.745. The zero-order valence-electron chi connectivity index (χ0n) is 36.3. The van der Waals surface area contributed by atoms with Crippen molar-refractivity contribution >= 4 is 0 Å². The highest BCUT2D eigenvalue weighted by Crippen LogP contribution is 2.48. The van der Waals surface area contributed by atoms with E-state index in [0.717, 1.165) is 19.3 Å². The van der Waals surface area contributed by atoms with Crippen LogP contribution in [-0.2, 0) is 56.2 Å². The maximum atomic E-state index is 2.63. The number of rotatable bonds is 4. The normalized spacial score (nSPS) is 14.6. The summed E-state index contributed by atoms with van der Waals surface area (Å²) in [5.41, 5.74) is 16.2. The quantitative estimate of drug-likeness (QED) is 0.311. The molecule has 0 unspecified atom stereocenters. The third-order valence-corrected chi connectivity index (χ3v) is 9.95. The van der Waals surface area contributed by atoms with Crippen LogP contribution < -0.4 is 0 Å². The molecule has 268 valence electrons. The Balaban J connectivity index is 3.10. The summed E-state index contributed by atoms with van der Waals surface area (Å²) in [6, 6.07) is 5.24. The molecule has 0 N–H and O–H groups in total. The monoisotopic (exact) mass is 645 g/mol. The van der Waals surface area contributed by atoms with Gasteiger partial charge in [0.1, 0.15) is 0 Å². The lowest BCUT2D eigenvalue weighted by Gasteiger charge is -2.41. The molecule has 47 heavy (non-hydrogen) atoms. The second-order valence-corrected chi connectivity index (χ2v) is 23.3. The van der Waals surface area contributed by atoms with Crippen molar-refractivity contribution in [3.63, 3.8) is 0 Å². The van der Waals surface area contributed by atoms with Gasteiger partial charge in [-0.05, 0) is 118 Å². The van der Waals surface area contributed by atoms with Gasteiger partial charge < -0.3 is 0 Å². The molecule has 0 aromatic heterocycles.